The van der Waals surface area contributed by atoms with Gasteiger partial charge in [0.05, 0.1) is 0 Å². The molecule has 1 aliphatic heterocycles. The molecule has 1 aromatic rings. The Kier molecular flexibility index (Phi) is 6.65. The number of carbonyl (C=O) groups excluding carboxylic acids is 1. The van der Waals surface area contributed by atoms with Gasteiger partial charge in [-0.05, 0) is 62.2 Å². The highest BCUT2D eigenvalue weighted by Crippen LogP contribution is 2.18. The number of thiophene rings is 1. The van der Waals surface area contributed by atoms with Gasteiger partial charge in [-0.2, -0.15) is 0 Å². The van der Waals surface area contributed by atoms with E-state index in [-0.39, 0.29) is 5.91 Å². The zero-order chi connectivity index (χ0) is 15.9. The van der Waals surface area contributed by atoms with E-state index in [0.29, 0.717) is 5.92 Å². The molecule has 122 valence electrons. The molecule has 0 unspecified atom stereocenters. The molecule has 0 aromatic carbocycles. The van der Waals surface area contributed by atoms with Crippen molar-refractivity contribution in [1.82, 2.24) is 10.2 Å². The molecule has 1 fully saturated rings. The van der Waals surface area contributed by atoms with Gasteiger partial charge in [0.2, 0.25) is 5.91 Å². The van der Waals surface area contributed by atoms with Gasteiger partial charge in [0.15, 0.2) is 0 Å². The number of piperidine rings is 1. The molecular weight excluding hydrogens is 292 g/mol. The smallest absolute Gasteiger partial charge is 0.246 e. The Morgan fingerprint density at radius 2 is 2.18 bits per heavy atom. The predicted molar refractivity (Wildman–Crippen MR) is 95.0 cm³/mol. The third-order valence-corrected chi connectivity index (χ3v) is 4.96. The number of amides is 1. The van der Waals surface area contributed by atoms with E-state index in [1.807, 2.05) is 30.5 Å². The van der Waals surface area contributed by atoms with Crippen LogP contribution in [0.4, 0.5) is 0 Å². The minimum atomic E-state index is 0.0676. The molecule has 0 bridgehead atoms. The van der Waals surface area contributed by atoms with Crippen molar-refractivity contribution < 1.29 is 4.79 Å². The van der Waals surface area contributed by atoms with E-state index in [1.165, 1.54) is 32.5 Å². The van der Waals surface area contributed by atoms with E-state index in [9.17, 15) is 4.79 Å². The highest BCUT2D eigenvalue weighted by Gasteiger charge is 2.20. The van der Waals surface area contributed by atoms with Crippen LogP contribution in [0.5, 0.6) is 0 Å². The fourth-order valence-corrected chi connectivity index (χ4v) is 3.63. The Hall–Kier alpha value is -1.13. The summed E-state index contributed by atoms with van der Waals surface area (Å²) in [5, 5.41) is 5.13. The number of nitrogens with zero attached hydrogens (tertiary/aromatic N) is 1. The molecule has 2 heterocycles. The SMILES string of the molecule is C/C(=C\c1cccs1)C(=O)NCC1CCN(CC(C)C)CC1. The van der Waals surface area contributed by atoms with E-state index < -0.39 is 0 Å². The number of rotatable bonds is 6. The second-order valence-corrected chi connectivity index (χ2v) is 7.67. The Morgan fingerprint density at radius 3 is 2.77 bits per heavy atom. The van der Waals surface area contributed by atoms with Crippen LogP contribution in [0.1, 0.15) is 38.5 Å². The van der Waals surface area contributed by atoms with Crippen molar-refractivity contribution >= 4 is 23.3 Å². The van der Waals surface area contributed by atoms with E-state index in [4.69, 9.17) is 0 Å². The molecule has 0 spiro atoms. The fraction of sp³-hybridized carbons (Fsp3) is 0.611. The van der Waals surface area contributed by atoms with Crippen molar-refractivity contribution in [2.75, 3.05) is 26.2 Å². The molecule has 0 atom stereocenters. The number of hydrogen-bond acceptors (Lipinski definition) is 3. The number of hydrogen-bond donors (Lipinski definition) is 1. The van der Waals surface area contributed by atoms with Crippen LogP contribution in [-0.4, -0.2) is 37.0 Å². The molecule has 1 saturated heterocycles. The van der Waals surface area contributed by atoms with Crippen molar-refractivity contribution in [2.24, 2.45) is 11.8 Å². The van der Waals surface area contributed by atoms with Gasteiger partial charge in [0.25, 0.3) is 0 Å². The maximum Gasteiger partial charge on any atom is 0.246 e. The first-order valence-corrected chi connectivity index (χ1v) is 9.15. The van der Waals surface area contributed by atoms with Crippen molar-refractivity contribution in [2.45, 2.75) is 33.6 Å². The highest BCUT2D eigenvalue weighted by atomic mass is 32.1. The second-order valence-electron chi connectivity index (χ2n) is 6.69. The normalized spacial score (nSPS) is 17.9. The van der Waals surface area contributed by atoms with Crippen molar-refractivity contribution in [3.05, 3.63) is 28.0 Å². The molecule has 2 rings (SSSR count). The van der Waals surface area contributed by atoms with E-state index in [0.717, 1.165) is 22.9 Å². The lowest BCUT2D eigenvalue weighted by atomic mass is 9.96. The Balaban J connectivity index is 1.71. The molecule has 1 aromatic heterocycles. The van der Waals surface area contributed by atoms with Gasteiger partial charge in [-0.1, -0.05) is 19.9 Å². The van der Waals surface area contributed by atoms with Crippen LogP contribution < -0.4 is 5.32 Å². The molecule has 4 heteroatoms. The Morgan fingerprint density at radius 1 is 1.45 bits per heavy atom. The third-order valence-electron chi connectivity index (χ3n) is 4.14. The Bertz CT molecular complexity index is 485. The van der Waals surface area contributed by atoms with Crippen LogP contribution >= 0.6 is 11.3 Å². The molecule has 1 amide bonds. The standard InChI is InChI=1S/C18H28N2OS/c1-14(2)13-20-8-6-16(7-9-20)12-19-18(21)15(3)11-17-5-4-10-22-17/h4-5,10-11,14,16H,6-9,12-13H2,1-3H3,(H,19,21)/b15-11+. The monoisotopic (exact) mass is 320 g/mol. The second kappa shape index (κ2) is 8.49. The molecule has 0 saturated carbocycles. The van der Waals surface area contributed by atoms with E-state index >= 15 is 0 Å². The summed E-state index contributed by atoms with van der Waals surface area (Å²) in [6.07, 6.45) is 4.35. The van der Waals surface area contributed by atoms with Crippen molar-refractivity contribution in [3.8, 4) is 0 Å². The molecule has 0 aliphatic carbocycles. The number of nitrogens with one attached hydrogen (secondary N) is 1. The average Bonchev–Trinajstić information content (AvgIpc) is 2.98. The Labute approximate surface area is 138 Å². The average molecular weight is 321 g/mol. The van der Waals surface area contributed by atoms with Gasteiger partial charge >= 0.3 is 0 Å². The summed E-state index contributed by atoms with van der Waals surface area (Å²) >= 11 is 1.66. The molecular formula is C18H28N2OS. The van der Waals surface area contributed by atoms with Crippen molar-refractivity contribution in [1.29, 1.82) is 0 Å². The third kappa shape index (κ3) is 5.58. The highest BCUT2D eigenvalue weighted by molar-refractivity contribution is 7.10. The van der Waals surface area contributed by atoms with Gasteiger partial charge < -0.3 is 10.2 Å². The topological polar surface area (TPSA) is 32.3 Å². The minimum Gasteiger partial charge on any atom is -0.352 e. The van der Waals surface area contributed by atoms with Crippen LogP contribution in [0.2, 0.25) is 0 Å². The summed E-state index contributed by atoms with van der Waals surface area (Å²) in [6, 6.07) is 4.04. The predicted octanol–water partition coefficient (Wildman–Crippen LogP) is 3.64. The van der Waals surface area contributed by atoms with Gasteiger partial charge in [0.1, 0.15) is 0 Å². The first-order valence-electron chi connectivity index (χ1n) is 8.27. The molecule has 1 N–H and O–H groups in total. The first kappa shape index (κ1) is 17.2. The van der Waals surface area contributed by atoms with Crippen LogP contribution in [-0.2, 0) is 4.79 Å². The first-order chi connectivity index (χ1) is 10.5. The summed E-state index contributed by atoms with van der Waals surface area (Å²) < 4.78 is 0. The number of likely N-dealkylation sites (tertiary alicyclic amines) is 1. The van der Waals surface area contributed by atoms with Gasteiger partial charge in [-0.25, -0.2) is 0 Å². The lowest BCUT2D eigenvalue weighted by Gasteiger charge is -2.33. The lowest BCUT2D eigenvalue weighted by Crippen LogP contribution is -2.40. The van der Waals surface area contributed by atoms with E-state index in [2.05, 4.69) is 24.1 Å². The maximum atomic E-state index is 12.1. The zero-order valence-corrected chi connectivity index (χ0v) is 14.8. The molecule has 3 nitrogen and oxygen atoms in total. The van der Waals surface area contributed by atoms with Crippen LogP contribution in [0.25, 0.3) is 6.08 Å². The van der Waals surface area contributed by atoms with Crippen LogP contribution in [0.3, 0.4) is 0 Å². The van der Waals surface area contributed by atoms with Crippen LogP contribution in [0.15, 0.2) is 23.1 Å². The summed E-state index contributed by atoms with van der Waals surface area (Å²) in [6.45, 7) is 10.8. The molecule has 22 heavy (non-hydrogen) atoms. The summed E-state index contributed by atoms with van der Waals surface area (Å²) in [5.74, 6) is 1.43. The van der Waals surface area contributed by atoms with Crippen molar-refractivity contribution in [3.63, 3.8) is 0 Å². The minimum absolute atomic E-state index is 0.0676. The lowest BCUT2D eigenvalue weighted by molar-refractivity contribution is -0.117. The quantitative estimate of drug-likeness (QED) is 0.812. The molecule has 1 aliphatic rings. The molecule has 0 radical (unpaired) electrons. The van der Waals surface area contributed by atoms with Gasteiger partial charge in [-0.15, -0.1) is 11.3 Å². The largest absolute Gasteiger partial charge is 0.352 e. The van der Waals surface area contributed by atoms with Gasteiger partial charge in [0, 0.05) is 23.5 Å². The fourth-order valence-electron chi connectivity index (χ4n) is 2.92. The summed E-state index contributed by atoms with van der Waals surface area (Å²) in [5.41, 5.74) is 0.791. The van der Waals surface area contributed by atoms with Gasteiger partial charge in [-0.3, -0.25) is 4.79 Å². The summed E-state index contributed by atoms with van der Waals surface area (Å²) in [7, 11) is 0. The number of carbonyl (C=O) groups is 1. The van der Waals surface area contributed by atoms with Crippen LogP contribution in [0, 0.1) is 11.8 Å². The zero-order valence-electron chi connectivity index (χ0n) is 14.0. The summed E-state index contributed by atoms with van der Waals surface area (Å²) in [4.78, 5) is 15.8. The van der Waals surface area contributed by atoms with E-state index in [1.54, 1.807) is 11.3 Å². The maximum absolute atomic E-state index is 12.1.